The molecule has 0 aliphatic carbocycles. The highest BCUT2D eigenvalue weighted by atomic mass is 127. The van der Waals surface area contributed by atoms with Crippen molar-refractivity contribution in [1.29, 1.82) is 0 Å². The quantitative estimate of drug-likeness (QED) is 0.238. The van der Waals surface area contributed by atoms with Crippen LogP contribution in [0, 0.1) is 13.8 Å². The third-order valence-electron chi connectivity index (χ3n) is 4.73. The van der Waals surface area contributed by atoms with E-state index in [-0.39, 0.29) is 30.1 Å². The fourth-order valence-corrected chi connectivity index (χ4v) is 3.15. The summed E-state index contributed by atoms with van der Waals surface area (Å²) in [6.07, 6.45) is 1.07. The molecule has 1 aliphatic rings. The number of aryl methyl sites for hydroxylation is 2. The molecule has 1 aliphatic heterocycles. The Balaban J connectivity index is 0.00000320. The molecule has 1 fully saturated rings. The van der Waals surface area contributed by atoms with E-state index in [2.05, 4.69) is 53.7 Å². The van der Waals surface area contributed by atoms with Crippen molar-refractivity contribution in [2.75, 3.05) is 33.4 Å². The number of ether oxygens (including phenoxy) is 3. The number of hydrogen-bond donors (Lipinski definition) is 2. The van der Waals surface area contributed by atoms with Crippen molar-refractivity contribution in [2.45, 2.75) is 32.9 Å². The van der Waals surface area contributed by atoms with Gasteiger partial charge in [-0.25, -0.2) is 0 Å². The molecule has 3 rings (SSSR count). The highest BCUT2D eigenvalue weighted by Crippen LogP contribution is 2.23. The second-order valence-corrected chi connectivity index (χ2v) is 7.23. The Labute approximate surface area is 196 Å². The minimum atomic E-state index is 0. The fourth-order valence-electron chi connectivity index (χ4n) is 3.15. The number of halogens is 1. The molecule has 2 N–H and O–H groups in total. The lowest BCUT2D eigenvalue weighted by Crippen LogP contribution is -2.39. The van der Waals surface area contributed by atoms with Gasteiger partial charge in [-0.3, -0.25) is 4.99 Å². The van der Waals surface area contributed by atoms with Crippen LogP contribution in [-0.4, -0.2) is 45.5 Å². The van der Waals surface area contributed by atoms with Crippen molar-refractivity contribution < 1.29 is 14.2 Å². The van der Waals surface area contributed by atoms with Crippen molar-refractivity contribution in [3.8, 4) is 11.5 Å². The van der Waals surface area contributed by atoms with E-state index in [1.807, 2.05) is 18.2 Å². The Morgan fingerprint density at radius 1 is 1.13 bits per heavy atom. The van der Waals surface area contributed by atoms with Crippen LogP contribution in [0.1, 0.15) is 23.1 Å². The minimum Gasteiger partial charge on any atom is -0.492 e. The molecule has 30 heavy (non-hydrogen) atoms. The lowest BCUT2D eigenvalue weighted by molar-refractivity contribution is 0.140. The Morgan fingerprint density at radius 3 is 2.70 bits per heavy atom. The number of nitrogens with one attached hydrogen (secondary N) is 2. The SMILES string of the molecule is CN=C(NCCOc1cccc(C)c1)NCc1ccc(C)cc1OC1CCOC1.I. The van der Waals surface area contributed by atoms with E-state index in [1.165, 1.54) is 11.1 Å². The van der Waals surface area contributed by atoms with Gasteiger partial charge in [0.2, 0.25) is 0 Å². The molecule has 2 aromatic carbocycles. The minimum absolute atomic E-state index is 0. The Hall–Kier alpha value is -2.00. The molecule has 7 heteroatoms. The van der Waals surface area contributed by atoms with Crippen molar-refractivity contribution in [1.82, 2.24) is 10.6 Å². The molecule has 1 heterocycles. The van der Waals surface area contributed by atoms with Crippen LogP contribution >= 0.6 is 24.0 Å². The van der Waals surface area contributed by atoms with Crippen molar-refractivity contribution in [2.24, 2.45) is 4.99 Å². The van der Waals surface area contributed by atoms with Crippen molar-refractivity contribution in [3.05, 3.63) is 59.2 Å². The molecule has 0 radical (unpaired) electrons. The van der Waals surface area contributed by atoms with Gasteiger partial charge in [-0.1, -0.05) is 24.3 Å². The normalized spacial score (nSPS) is 16.0. The van der Waals surface area contributed by atoms with Gasteiger partial charge in [-0.15, -0.1) is 24.0 Å². The summed E-state index contributed by atoms with van der Waals surface area (Å²) in [5.74, 6) is 2.52. The van der Waals surface area contributed by atoms with Gasteiger partial charge >= 0.3 is 0 Å². The van der Waals surface area contributed by atoms with E-state index in [0.29, 0.717) is 26.3 Å². The molecule has 1 saturated heterocycles. The summed E-state index contributed by atoms with van der Waals surface area (Å²) >= 11 is 0. The zero-order valence-corrected chi connectivity index (χ0v) is 20.3. The van der Waals surface area contributed by atoms with Gasteiger partial charge in [-0.2, -0.15) is 0 Å². The Morgan fingerprint density at radius 2 is 1.97 bits per heavy atom. The summed E-state index contributed by atoms with van der Waals surface area (Å²) in [4.78, 5) is 4.29. The van der Waals surface area contributed by atoms with E-state index in [1.54, 1.807) is 7.05 Å². The first-order valence-electron chi connectivity index (χ1n) is 10.1. The van der Waals surface area contributed by atoms with Crippen LogP contribution in [0.3, 0.4) is 0 Å². The zero-order valence-electron chi connectivity index (χ0n) is 17.9. The first-order valence-corrected chi connectivity index (χ1v) is 10.1. The monoisotopic (exact) mass is 525 g/mol. The van der Waals surface area contributed by atoms with E-state index in [0.717, 1.165) is 36.0 Å². The summed E-state index contributed by atoms with van der Waals surface area (Å²) in [5, 5.41) is 6.63. The van der Waals surface area contributed by atoms with E-state index >= 15 is 0 Å². The molecule has 6 nitrogen and oxygen atoms in total. The van der Waals surface area contributed by atoms with Crippen LogP contribution in [0.2, 0.25) is 0 Å². The topological polar surface area (TPSA) is 64.1 Å². The van der Waals surface area contributed by atoms with E-state index in [9.17, 15) is 0 Å². The summed E-state index contributed by atoms with van der Waals surface area (Å²) in [7, 11) is 1.76. The predicted octanol–water partition coefficient (Wildman–Crippen LogP) is 3.83. The van der Waals surface area contributed by atoms with Crippen LogP contribution in [0.25, 0.3) is 0 Å². The Kier molecular flexibility index (Phi) is 10.2. The van der Waals surface area contributed by atoms with Gasteiger partial charge in [0.15, 0.2) is 5.96 Å². The van der Waals surface area contributed by atoms with Crippen LogP contribution in [0.5, 0.6) is 11.5 Å². The second-order valence-electron chi connectivity index (χ2n) is 7.23. The molecule has 0 bridgehead atoms. The second kappa shape index (κ2) is 12.6. The van der Waals surface area contributed by atoms with Crippen LogP contribution in [0.4, 0.5) is 0 Å². The fraction of sp³-hybridized carbons (Fsp3) is 0.435. The van der Waals surface area contributed by atoms with Crippen molar-refractivity contribution >= 4 is 29.9 Å². The largest absolute Gasteiger partial charge is 0.492 e. The number of rotatable bonds is 8. The van der Waals surface area contributed by atoms with Gasteiger partial charge in [0.25, 0.3) is 0 Å². The summed E-state index contributed by atoms with van der Waals surface area (Å²) in [5.41, 5.74) is 3.47. The number of guanidine groups is 1. The molecule has 164 valence electrons. The average Bonchev–Trinajstić information content (AvgIpc) is 3.22. The number of benzene rings is 2. The third kappa shape index (κ3) is 7.68. The average molecular weight is 525 g/mol. The summed E-state index contributed by atoms with van der Waals surface area (Å²) in [6, 6.07) is 14.3. The van der Waals surface area contributed by atoms with Gasteiger partial charge in [0.1, 0.15) is 24.2 Å². The maximum absolute atomic E-state index is 6.17. The molecule has 0 amide bonds. The maximum atomic E-state index is 6.17. The zero-order chi connectivity index (χ0) is 20.5. The standard InChI is InChI=1S/C23H31N3O3.HI/c1-17-5-4-6-20(13-17)28-12-10-25-23(24-3)26-15-19-8-7-18(2)14-22(19)29-21-9-11-27-16-21;/h4-8,13-14,21H,9-12,15-16H2,1-3H3,(H2,24,25,26);1H. The molecule has 1 unspecified atom stereocenters. The molecule has 2 aromatic rings. The van der Waals surface area contributed by atoms with E-state index in [4.69, 9.17) is 14.2 Å². The van der Waals surface area contributed by atoms with Gasteiger partial charge in [0.05, 0.1) is 19.8 Å². The maximum Gasteiger partial charge on any atom is 0.191 e. The van der Waals surface area contributed by atoms with Crippen LogP contribution < -0.4 is 20.1 Å². The van der Waals surface area contributed by atoms with Crippen LogP contribution in [0.15, 0.2) is 47.5 Å². The first-order chi connectivity index (χ1) is 14.1. The molecule has 0 spiro atoms. The molecular weight excluding hydrogens is 493 g/mol. The molecule has 0 saturated carbocycles. The highest BCUT2D eigenvalue weighted by molar-refractivity contribution is 14.0. The van der Waals surface area contributed by atoms with E-state index < -0.39 is 0 Å². The lowest BCUT2D eigenvalue weighted by atomic mass is 10.1. The van der Waals surface area contributed by atoms with Crippen LogP contribution in [-0.2, 0) is 11.3 Å². The molecule has 1 atom stereocenters. The molecular formula is C23H32IN3O3. The number of nitrogens with zero attached hydrogens (tertiary/aromatic N) is 1. The van der Waals surface area contributed by atoms with Gasteiger partial charge in [0, 0.05) is 25.6 Å². The number of aliphatic imine (C=N–C) groups is 1. The Bertz CT molecular complexity index is 823. The first kappa shape index (κ1) is 24.3. The lowest BCUT2D eigenvalue weighted by Gasteiger charge is -2.18. The van der Waals surface area contributed by atoms with Gasteiger partial charge in [-0.05, 0) is 43.2 Å². The van der Waals surface area contributed by atoms with Gasteiger partial charge < -0.3 is 24.8 Å². The smallest absolute Gasteiger partial charge is 0.191 e. The predicted molar refractivity (Wildman–Crippen MR) is 131 cm³/mol. The summed E-state index contributed by atoms with van der Waals surface area (Å²) in [6.45, 7) is 7.40. The third-order valence-corrected chi connectivity index (χ3v) is 4.73. The summed E-state index contributed by atoms with van der Waals surface area (Å²) < 4.78 is 17.4. The number of hydrogen-bond acceptors (Lipinski definition) is 4. The highest BCUT2D eigenvalue weighted by Gasteiger charge is 2.18. The molecule has 0 aromatic heterocycles. The van der Waals surface area contributed by atoms with Crippen molar-refractivity contribution in [3.63, 3.8) is 0 Å².